The highest BCUT2D eigenvalue weighted by Crippen LogP contribution is 2.19. The number of benzene rings is 1. The maximum atomic E-state index is 12.2. The largest absolute Gasteiger partial charge is 0.508 e. The first-order chi connectivity index (χ1) is 10.2. The van der Waals surface area contributed by atoms with E-state index < -0.39 is 12.0 Å². The molecule has 1 rings (SSSR count). The minimum absolute atomic E-state index is 0.0723. The van der Waals surface area contributed by atoms with Crippen LogP contribution in [-0.4, -0.2) is 34.7 Å². The van der Waals surface area contributed by atoms with Crippen molar-refractivity contribution in [3.63, 3.8) is 0 Å². The van der Waals surface area contributed by atoms with E-state index in [4.69, 9.17) is 15.6 Å². The molecular formula is C16H26N2O4. The number of carbonyl (C=O) groups excluding carboxylic acids is 1. The van der Waals surface area contributed by atoms with Gasteiger partial charge in [-0.05, 0) is 43.5 Å². The molecule has 0 aromatic heterocycles. The minimum Gasteiger partial charge on any atom is -0.508 e. The minimum atomic E-state index is -0.833. The number of carbonyl (C=O) groups is 2. The Morgan fingerprint density at radius 2 is 1.68 bits per heavy atom. The third-order valence-electron chi connectivity index (χ3n) is 2.79. The molecule has 0 saturated carbocycles. The molecular weight excluding hydrogens is 284 g/mol. The van der Waals surface area contributed by atoms with Gasteiger partial charge in [-0.3, -0.25) is 9.59 Å². The number of amides is 1. The summed E-state index contributed by atoms with van der Waals surface area (Å²) < 4.78 is 0. The van der Waals surface area contributed by atoms with E-state index in [0.717, 1.165) is 12.6 Å². The van der Waals surface area contributed by atoms with E-state index in [1.165, 1.54) is 0 Å². The summed E-state index contributed by atoms with van der Waals surface area (Å²) in [6.07, 6.45) is 0.674. The second kappa shape index (κ2) is 9.78. The van der Waals surface area contributed by atoms with Crippen molar-refractivity contribution in [3.8, 4) is 5.75 Å². The van der Waals surface area contributed by atoms with Crippen molar-refractivity contribution in [2.45, 2.75) is 40.2 Å². The molecule has 0 unspecified atom stereocenters. The monoisotopic (exact) mass is 310 g/mol. The van der Waals surface area contributed by atoms with Crippen LogP contribution in [0.3, 0.4) is 0 Å². The Bertz CT molecular complexity index is 468. The smallest absolute Gasteiger partial charge is 0.300 e. The summed E-state index contributed by atoms with van der Waals surface area (Å²) in [5, 5.41) is 16.7. The van der Waals surface area contributed by atoms with E-state index in [0.29, 0.717) is 18.9 Å². The Kier molecular flexibility index (Phi) is 8.86. The Labute approximate surface area is 131 Å². The van der Waals surface area contributed by atoms with Crippen molar-refractivity contribution >= 4 is 17.6 Å². The molecule has 22 heavy (non-hydrogen) atoms. The fourth-order valence-corrected chi connectivity index (χ4v) is 1.91. The first-order valence-electron chi connectivity index (χ1n) is 7.24. The number of aromatic hydroxyl groups is 1. The molecule has 0 spiro atoms. The molecule has 0 saturated heterocycles. The lowest BCUT2D eigenvalue weighted by Gasteiger charge is -2.25. The summed E-state index contributed by atoms with van der Waals surface area (Å²) in [7, 11) is 0. The van der Waals surface area contributed by atoms with Crippen molar-refractivity contribution < 1.29 is 19.8 Å². The number of phenolic OH excluding ortho intramolecular Hbond substituents is 1. The van der Waals surface area contributed by atoms with Crippen molar-refractivity contribution in [3.05, 3.63) is 24.3 Å². The van der Waals surface area contributed by atoms with Gasteiger partial charge in [0, 0.05) is 19.2 Å². The molecule has 6 nitrogen and oxygen atoms in total. The number of rotatable bonds is 5. The van der Waals surface area contributed by atoms with Crippen LogP contribution in [0.2, 0.25) is 0 Å². The van der Waals surface area contributed by atoms with Crippen LogP contribution in [0.15, 0.2) is 24.3 Å². The van der Waals surface area contributed by atoms with Crippen molar-refractivity contribution in [2.75, 3.05) is 11.4 Å². The summed E-state index contributed by atoms with van der Waals surface area (Å²) >= 11 is 0. The van der Waals surface area contributed by atoms with Crippen LogP contribution in [-0.2, 0) is 9.59 Å². The molecule has 1 aromatic rings. The molecule has 0 aliphatic carbocycles. The molecule has 0 aliphatic heterocycles. The van der Waals surface area contributed by atoms with Gasteiger partial charge in [0.25, 0.3) is 5.97 Å². The molecule has 0 fully saturated rings. The molecule has 0 bridgehead atoms. The highest BCUT2D eigenvalue weighted by atomic mass is 16.4. The molecule has 0 aliphatic rings. The van der Waals surface area contributed by atoms with Gasteiger partial charge in [0.15, 0.2) is 0 Å². The Balaban J connectivity index is 0.000000980. The van der Waals surface area contributed by atoms with Gasteiger partial charge in [0.05, 0.1) is 6.04 Å². The maximum Gasteiger partial charge on any atom is 0.300 e. The second-order valence-electron chi connectivity index (χ2n) is 5.35. The topological polar surface area (TPSA) is 104 Å². The molecule has 1 aromatic carbocycles. The third kappa shape index (κ3) is 7.64. The molecule has 6 heteroatoms. The highest BCUT2D eigenvalue weighted by Gasteiger charge is 2.21. The summed E-state index contributed by atoms with van der Waals surface area (Å²) in [6.45, 7) is 7.65. The third-order valence-corrected chi connectivity index (χ3v) is 2.79. The quantitative estimate of drug-likeness (QED) is 0.773. The van der Waals surface area contributed by atoms with Crippen LogP contribution >= 0.6 is 0 Å². The lowest BCUT2D eigenvalue weighted by molar-refractivity contribution is -0.134. The number of nitrogens with two attached hydrogens (primary N) is 1. The summed E-state index contributed by atoms with van der Waals surface area (Å²) in [5.41, 5.74) is 6.68. The lowest BCUT2D eigenvalue weighted by Crippen LogP contribution is -2.44. The molecule has 1 atom stereocenters. The number of likely N-dealkylation sites (N-methyl/N-ethyl adjacent to an activating group) is 1. The predicted octanol–water partition coefficient (Wildman–Crippen LogP) is 2.21. The van der Waals surface area contributed by atoms with Gasteiger partial charge in [0.1, 0.15) is 5.75 Å². The average molecular weight is 310 g/mol. The van der Waals surface area contributed by atoms with E-state index in [-0.39, 0.29) is 11.7 Å². The van der Waals surface area contributed by atoms with Gasteiger partial charge in [-0.2, -0.15) is 0 Å². The van der Waals surface area contributed by atoms with Crippen molar-refractivity contribution in [2.24, 2.45) is 11.7 Å². The number of anilines is 1. The summed E-state index contributed by atoms with van der Waals surface area (Å²) in [5.74, 6) is -0.326. The fourth-order valence-electron chi connectivity index (χ4n) is 1.91. The fraction of sp³-hybridized carbons (Fsp3) is 0.500. The lowest BCUT2D eigenvalue weighted by atomic mass is 10.0. The molecule has 0 heterocycles. The van der Waals surface area contributed by atoms with E-state index in [1.54, 1.807) is 29.2 Å². The van der Waals surface area contributed by atoms with E-state index in [2.05, 4.69) is 0 Å². The average Bonchev–Trinajstić information content (AvgIpc) is 2.40. The van der Waals surface area contributed by atoms with E-state index in [1.807, 2.05) is 20.8 Å². The summed E-state index contributed by atoms with van der Waals surface area (Å²) in [4.78, 5) is 22.9. The zero-order valence-corrected chi connectivity index (χ0v) is 13.6. The second-order valence-corrected chi connectivity index (χ2v) is 5.35. The van der Waals surface area contributed by atoms with E-state index >= 15 is 0 Å². The Morgan fingerprint density at radius 3 is 2.05 bits per heavy atom. The van der Waals surface area contributed by atoms with Gasteiger partial charge in [-0.1, -0.05) is 13.8 Å². The van der Waals surface area contributed by atoms with Gasteiger partial charge in [-0.25, -0.2) is 0 Å². The SMILES string of the molecule is CC(=O)O.CCN(C(=O)[C@@H](N)CC(C)C)c1ccc(O)cc1. The van der Waals surface area contributed by atoms with E-state index in [9.17, 15) is 9.90 Å². The summed E-state index contributed by atoms with van der Waals surface area (Å²) in [6, 6.07) is 6.11. The normalized spacial score (nSPS) is 11.4. The zero-order chi connectivity index (χ0) is 17.3. The Hall–Kier alpha value is -2.08. The first-order valence-corrected chi connectivity index (χ1v) is 7.24. The van der Waals surface area contributed by atoms with Gasteiger partial charge < -0.3 is 20.8 Å². The standard InChI is InChI=1S/C14H22N2O2.C2H4O2/c1-4-16(11-5-7-12(17)8-6-11)14(18)13(15)9-10(2)3;1-2(3)4/h5-8,10,13,17H,4,9,15H2,1-3H3;1H3,(H,3,4)/t13-;/m0./s1. The van der Waals surface area contributed by atoms with Gasteiger partial charge >= 0.3 is 0 Å². The van der Waals surface area contributed by atoms with Crippen LogP contribution in [0.1, 0.15) is 34.1 Å². The van der Waals surface area contributed by atoms with Crippen LogP contribution in [0.25, 0.3) is 0 Å². The highest BCUT2D eigenvalue weighted by molar-refractivity contribution is 5.97. The number of carboxylic acids is 1. The van der Waals surface area contributed by atoms with Crippen molar-refractivity contribution in [1.29, 1.82) is 0 Å². The number of nitrogens with zero attached hydrogens (tertiary/aromatic N) is 1. The van der Waals surface area contributed by atoms with Crippen LogP contribution in [0.4, 0.5) is 5.69 Å². The predicted molar refractivity (Wildman–Crippen MR) is 86.9 cm³/mol. The van der Waals surface area contributed by atoms with Crippen LogP contribution in [0, 0.1) is 5.92 Å². The van der Waals surface area contributed by atoms with Crippen LogP contribution < -0.4 is 10.6 Å². The first kappa shape index (κ1) is 19.9. The molecule has 1 amide bonds. The maximum absolute atomic E-state index is 12.2. The number of phenols is 1. The van der Waals surface area contributed by atoms with Crippen LogP contribution in [0.5, 0.6) is 5.75 Å². The number of aliphatic carboxylic acids is 1. The number of hydrogen-bond donors (Lipinski definition) is 3. The van der Waals surface area contributed by atoms with Gasteiger partial charge in [-0.15, -0.1) is 0 Å². The van der Waals surface area contributed by atoms with Gasteiger partial charge in [0.2, 0.25) is 5.91 Å². The number of carboxylic acid groups (broad SMARTS) is 1. The Morgan fingerprint density at radius 1 is 1.23 bits per heavy atom. The molecule has 124 valence electrons. The molecule has 0 radical (unpaired) electrons. The molecule has 4 N–H and O–H groups in total. The zero-order valence-electron chi connectivity index (χ0n) is 13.6. The number of hydrogen-bond acceptors (Lipinski definition) is 4. The van der Waals surface area contributed by atoms with Crippen molar-refractivity contribution in [1.82, 2.24) is 0 Å².